The van der Waals surface area contributed by atoms with Crippen LogP contribution in [0.15, 0.2) is 127 Å². The highest BCUT2D eigenvalue weighted by atomic mass is 14.8. The minimum atomic E-state index is -0.459. The molecule has 9 aliphatic rings. The van der Waals surface area contributed by atoms with Crippen molar-refractivity contribution >= 4 is 243 Å². The van der Waals surface area contributed by atoms with Gasteiger partial charge >= 0.3 is 0 Å². The first kappa shape index (κ1) is 36.6. The molecule has 4 atom stereocenters. The number of hydrogen-bond donors (Lipinski definition) is 0. The van der Waals surface area contributed by atoms with Gasteiger partial charge in [-0.15, -0.1) is 0 Å². The van der Waals surface area contributed by atoms with E-state index < -0.39 is 21.7 Å². The Morgan fingerprint density at radius 2 is 0.364 bits per heavy atom. The average molecular weight is 1090 g/mol. The van der Waals surface area contributed by atoms with Crippen LogP contribution in [0.25, 0.3) is 243 Å². The summed E-state index contributed by atoms with van der Waals surface area (Å²) < 4.78 is 0. The quantitative estimate of drug-likeness (QED) is 0.133. The molecule has 4 unspecified atom stereocenters. The van der Waals surface area contributed by atoms with Crippen LogP contribution in [0, 0.1) is 0 Å². The fourth-order valence-corrected chi connectivity index (χ4v) is 29.4. The van der Waals surface area contributed by atoms with E-state index in [0.717, 1.165) is 25.7 Å². The standard InChI is InChI=1S/C88H28/c1-5-13-25(14-6-1)21-85-74-63-52-45-33-31-30-29-32(33)37-36-38-34(29)41-43-39(30)44-42-35(31)40-47(45)60(63)65-61-51(40)56(42)68-71-58(44)57(43)69-67-54(41)49(38)53-50-46(36)55(48(37)52)66(74)70-59(50)62-64(53)75(67)86(22-26-15-7-2-8-16-26)78(69)80(71)87(23-27-17-9-3-10-18-27)76(68)72(61)81(77(65)85)88(24-28-19-11-4-12-20-28)82(79(70)85)73(62)83(86)84(87)88/h1-20H,21-24H2. The normalized spacial score (nSPS) is 23.8. The molecule has 0 heteroatoms. The molecule has 0 aliphatic heterocycles. The lowest BCUT2D eigenvalue weighted by molar-refractivity contribution is 0.438. The lowest BCUT2D eigenvalue weighted by Gasteiger charge is -2.57. The summed E-state index contributed by atoms with van der Waals surface area (Å²) in [6, 6.07) is 48.6. The lowest BCUT2D eigenvalue weighted by Crippen LogP contribution is -2.53. The van der Waals surface area contributed by atoms with Gasteiger partial charge in [0.2, 0.25) is 0 Å². The molecule has 0 spiro atoms. The summed E-state index contributed by atoms with van der Waals surface area (Å²) in [6.45, 7) is 0. The highest BCUT2D eigenvalue weighted by Gasteiger charge is 2.76. The zero-order valence-corrected chi connectivity index (χ0v) is 46.4. The van der Waals surface area contributed by atoms with Crippen LogP contribution in [0.2, 0.25) is 0 Å². The first-order valence-electron chi connectivity index (χ1n) is 33.0. The van der Waals surface area contributed by atoms with Gasteiger partial charge in [-0.2, -0.15) is 0 Å². The maximum Gasteiger partial charge on any atom is 0.0523 e. The van der Waals surface area contributed by atoms with Crippen molar-refractivity contribution in [1.82, 2.24) is 0 Å². The van der Waals surface area contributed by atoms with Crippen LogP contribution in [-0.2, 0) is 47.3 Å². The summed E-state index contributed by atoms with van der Waals surface area (Å²) in [5.74, 6) is 0. The lowest BCUT2D eigenvalue weighted by atomic mass is 9.44. The number of allylic oxidation sites excluding steroid dienone is 2. The van der Waals surface area contributed by atoms with E-state index in [-0.39, 0.29) is 0 Å². The van der Waals surface area contributed by atoms with Crippen molar-refractivity contribution in [3.63, 3.8) is 0 Å². The molecule has 9 aliphatic carbocycles. The van der Waals surface area contributed by atoms with Gasteiger partial charge in [-0.3, -0.25) is 0 Å². The van der Waals surface area contributed by atoms with Crippen LogP contribution in [0.5, 0.6) is 0 Å². The van der Waals surface area contributed by atoms with Crippen molar-refractivity contribution in [2.75, 3.05) is 0 Å². The van der Waals surface area contributed by atoms with E-state index >= 15 is 0 Å². The molecule has 0 amide bonds. The van der Waals surface area contributed by atoms with Gasteiger partial charge in [0.05, 0.1) is 10.8 Å². The first-order valence-corrected chi connectivity index (χ1v) is 33.0. The third kappa shape index (κ3) is 2.32. The van der Waals surface area contributed by atoms with Gasteiger partial charge in [-0.05, 0) is 352 Å². The summed E-state index contributed by atoms with van der Waals surface area (Å²) in [5, 5.41) is 73.2. The average Bonchev–Trinajstić information content (AvgIpc) is 1.38. The molecule has 0 saturated heterocycles. The molecule has 88 heavy (non-hydrogen) atoms. The molecule has 27 aromatic rings. The highest BCUT2D eigenvalue weighted by molar-refractivity contribution is 6.78. The Labute approximate surface area is 491 Å². The molecule has 0 bridgehead atoms. The third-order valence-corrected chi connectivity index (χ3v) is 29.9. The Morgan fingerprint density at radius 3 is 0.761 bits per heavy atom. The monoisotopic (exact) mass is 1080 g/mol. The molecule has 380 valence electrons. The predicted molar refractivity (Wildman–Crippen MR) is 365 cm³/mol. The molecule has 0 aromatic heterocycles. The van der Waals surface area contributed by atoms with Gasteiger partial charge in [0.25, 0.3) is 0 Å². The summed E-state index contributed by atoms with van der Waals surface area (Å²) in [7, 11) is 0. The van der Waals surface area contributed by atoms with Crippen molar-refractivity contribution in [2.24, 2.45) is 0 Å². The first-order chi connectivity index (χ1) is 43.8. The Hall–Kier alpha value is -10.4. The molecular formula is C88H28. The fourth-order valence-electron chi connectivity index (χ4n) is 29.4. The Balaban J connectivity index is 1.03. The summed E-state index contributed by atoms with van der Waals surface area (Å²) in [6.07, 6.45) is 3.89. The Morgan fingerprint density at radius 1 is 0.159 bits per heavy atom. The van der Waals surface area contributed by atoms with Crippen molar-refractivity contribution < 1.29 is 0 Å². The zero-order valence-electron chi connectivity index (χ0n) is 46.4. The number of benzene rings is 19. The molecule has 0 saturated carbocycles. The van der Waals surface area contributed by atoms with Crippen molar-refractivity contribution in [3.8, 4) is 0 Å². The fraction of sp³-hybridized carbons (Fsp3) is 0.0909. The van der Waals surface area contributed by atoms with Crippen molar-refractivity contribution in [2.45, 2.75) is 47.3 Å². The van der Waals surface area contributed by atoms with Gasteiger partial charge in [-0.25, -0.2) is 0 Å². The minimum Gasteiger partial charge on any atom is -0.0622 e. The Bertz CT molecular complexity index is 8330. The summed E-state index contributed by atoms with van der Waals surface area (Å²) in [4.78, 5) is 0. The van der Waals surface area contributed by atoms with Gasteiger partial charge < -0.3 is 0 Å². The molecule has 36 rings (SSSR count). The second-order valence-electron chi connectivity index (χ2n) is 31.3. The predicted octanol–water partition coefficient (Wildman–Crippen LogP) is 21.3. The molecule has 0 N–H and O–H groups in total. The van der Waals surface area contributed by atoms with Crippen LogP contribution < -0.4 is 0 Å². The zero-order chi connectivity index (χ0) is 53.6. The van der Waals surface area contributed by atoms with E-state index in [1.54, 1.807) is 298 Å². The van der Waals surface area contributed by atoms with E-state index in [1.165, 1.54) is 22.3 Å². The van der Waals surface area contributed by atoms with Crippen LogP contribution in [0.1, 0.15) is 77.9 Å². The third-order valence-electron chi connectivity index (χ3n) is 29.9. The minimum absolute atomic E-state index is 0.409. The number of rotatable bonds is 8. The summed E-state index contributed by atoms with van der Waals surface area (Å²) in [5.41, 5.74) is 25.3. The summed E-state index contributed by atoms with van der Waals surface area (Å²) >= 11 is 0. The van der Waals surface area contributed by atoms with Crippen LogP contribution in [0.4, 0.5) is 0 Å². The maximum absolute atomic E-state index is 2.56. The molecule has 27 aromatic carbocycles. The molecular weight excluding hydrogens is 1060 g/mol. The van der Waals surface area contributed by atoms with E-state index in [2.05, 4.69) is 121 Å². The second kappa shape index (κ2) is 9.25. The van der Waals surface area contributed by atoms with Crippen LogP contribution in [0.3, 0.4) is 0 Å². The highest BCUT2D eigenvalue weighted by Crippen LogP contribution is 2.89. The van der Waals surface area contributed by atoms with E-state index in [0.29, 0.717) is 0 Å². The van der Waals surface area contributed by atoms with E-state index in [1.807, 2.05) is 5.57 Å². The van der Waals surface area contributed by atoms with E-state index in [9.17, 15) is 0 Å². The molecule has 0 heterocycles. The van der Waals surface area contributed by atoms with Gasteiger partial charge in [0, 0.05) is 10.8 Å². The number of hydrogen-bond acceptors (Lipinski definition) is 0. The SMILES string of the molecule is c1ccc(CC23C4=C5c6c2c2c7c8c9c%10c%11c%12c(c3c3c%13c%14c%15c(c%16c%17c%18c(c%19c6c7c6c%19c7c%18c%18c%19c%17c%15c%15c%17c%14c(c3%12)c3c%11c%11c%10c%10c8c6c6c7c%18c7c(c%106)c%11c(c%173)c7c%15%19)C5%16Cc3ccccc3)C4%13Cc3ccccc3)C29Cc2ccccc2)cc1. The Kier molecular flexibility index (Phi) is 3.84. The van der Waals surface area contributed by atoms with Gasteiger partial charge in [-0.1, -0.05) is 121 Å². The molecule has 0 nitrogen and oxygen atoms in total. The van der Waals surface area contributed by atoms with Gasteiger partial charge in [0.1, 0.15) is 0 Å². The largest absolute Gasteiger partial charge is 0.0622 e. The van der Waals surface area contributed by atoms with Gasteiger partial charge in [0.15, 0.2) is 0 Å². The second-order valence-corrected chi connectivity index (χ2v) is 31.3. The van der Waals surface area contributed by atoms with Crippen molar-refractivity contribution in [1.29, 1.82) is 0 Å². The van der Waals surface area contributed by atoms with E-state index in [4.69, 9.17) is 0 Å². The van der Waals surface area contributed by atoms with Crippen LogP contribution >= 0.6 is 0 Å². The maximum atomic E-state index is 2.56. The van der Waals surface area contributed by atoms with Crippen molar-refractivity contribution in [3.05, 3.63) is 205 Å². The molecule has 0 radical (unpaired) electrons. The van der Waals surface area contributed by atoms with Crippen LogP contribution in [-0.4, -0.2) is 0 Å². The smallest absolute Gasteiger partial charge is 0.0523 e. The topological polar surface area (TPSA) is 0 Å². The molecule has 0 fully saturated rings.